The van der Waals surface area contributed by atoms with Gasteiger partial charge in [0.25, 0.3) is 5.91 Å². The molecule has 0 aliphatic carbocycles. The van der Waals surface area contributed by atoms with Crippen molar-refractivity contribution in [2.24, 2.45) is 5.10 Å². The summed E-state index contributed by atoms with van der Waals surface area (Å²) in [7, 11) is 0. The molecule has 3 aromatic carbocycles. The number of amides is 1. The average Bonchev–Trinajstić information content (AvgIpc) is 3.20. The summed E-state index contributed by atoms with van der Waals surface area (Å²) in [5.74, 6) is 0.0690. The number of aromatic amines is 1. The van der Waals surface area contributed by atoms with Gasteiger partial charge in [-0.2, -0.15) is 5.10 Å². The minimum atomic E-state index is -0.171. The highest BCUT2D eigenvalue weighted by Crippen LogP contribution is 2.20. The molecule has 0 spiro atoms. The van der Waals surface area contributed by atoms with E-state index in [1.807, 2.05) is 61.5 Å². The van der Waals surface area contributed by atoms with Gasteiger partial charge in [-0.1, -0.05) is 78.5 Å². The molecule has 1 amide bonds. The Balaban J connectivity index is 1.33. The highest BCUT2D eigenvalue weighted by atomic mass is 32.2. The number of hydrogen-bond donors (Lipinski definition) is 2. The molecule has 144 valence electrons. The molecule has 29 heavy (non-hydrogen) atoms. The molecule has 0 fully saturated rings. The van der Waals surface area contributed by atoms with Crippen molar-refractivity contribution in [3.63, 3.8) is 0 Å². The smallest absolute Gasteiger partial charge is 0.250 e. The van der Waals surface area contributed by atoms with Crippen LogP contribution in [0.4, 0.5) is 0 Å². The van der Waals surface area contributed by atoms with Gasteiger partial charge in [0.05, 0.1) is 22.5 Å². The van der Waals surface area contributed by atoms with Gasteiger partial charge in [0, 0.05) is 0 Å². The number of hydrazone groups is 1. The second-order valence-electron chi connectivity index (χ2n) is 6.52. The minimum absolute atomic E-state index is 0.171. The molecular formula is C23H20N4OS. The van der Waals surface area contributed by atoms with E-state index in [-0.39, 0.29) is 11.7 Å². The lowest BCUT2D eigenvalue weighted by Gasteiger charge is -2.05. The van der Waals surface area contributed by atoms with Crippen molar-refractivity contribution in [3.8, 4) is 11.1 Å². The van der Waals surface area contributed by atoms with Crippen LogP contribution in [0.2, 0.25) is 0 Å². The number of carbonyl (C=O) groups is 1. The molecule has 0 atom stereocenters. The highest BCUT2D eigenvalue weighted by molar-refractivity contribution is 7.99. The van der Waals surface area contributed by atoms with Gasteiger partial charge in [-0.25, -0.2) is 10.4 Å². The molecule has 5 nitrogen and oxygen atoms in total. The molecule has 0 aliphatic rings. The first-order valence-corrected chi connectivity index (χ1v) is 10.2. The summed E-state index contributed by atoms with van der Waals surface area (Å²) < 4.78 is 0. The number of rotatable bonds is 6. The summed E-state index contributed by atoms with van der Waals surface area (Å²) in [5.41, 5.74) is 8.51. The molecule has 0 saturated heterocycles. The number of nitrogens with one attached hydrogen (secondary N) is 2. The summed E-state index contributed by atoms with van der Waals surface area (Å²) in [6, 6.07) is 26.1. The minimum Gasteiger partial charge on any atom is -0.333 e. The van der Waals surface area contributed by atoms with Gasteiger partial charge in [0.2, 0.25) is 0 Å². The van der Waals surface area contributed by atoms with Gasteiger partial charge in [0.15, 0.2) is 5.16 Å². The number of thioether (sulfide) groups is 1. The van der Waals surface area contributed by atoms with Crippen LogP contribution in [0, 0.1) is 0 Å². The van der Waals surface area contributed by atoms with E-state index in [4.69, 9.17) is 0 Å². The normalized spacial score (nSPS) is 11.6. The van der Waals surface area contributed by atoms with E-state index >= 15 is 0 Å². The molecule has 1 aromatic heterocycles. The van der Waals surface area contributed by atoms with Gasteiger partial charge in [-0.3, -0.25) is 4.79 Å². The number of carbonyl (C=O) groups excluding carboxylic acids is 1. The van der Waals surface area contributed by atoms with Crippen molar-refractivity contribution in [2.75, 3.05) is 5.75 Å². The Hall–Kier alpha value is -3.38. The first kappa shape index (κ1) is 19.0. The highest BCUT2D eigenvalue weighted by Gasteiger charge is 2.07. The third-order valence-corrected chi connectivity index (χ3v) is 5.34. The van der Waals surface area contributed by atoms with Crippen molar-refractivity contribution in [2.45, 2.75) is 12.1 Å². The van der Waals surface area contributed by atoms with Crippen LogP contribution in [0.3, 0.4) is 0 Å². The fourth-order valence-electron chi connectivity index (χ4n) is 2.91. The van der Waals surface area contributed by atoms with E-state index in [1.165, 1.54) is 17.3 Å². The van der Waals surface area contributed by atoms with Crippen LogP contribution in [-0.2, 0) is 4.79 Å². The van der Waals surface area contributed by atoms with E-state index in [0.717, 1.165) is 33.0 Å². The monoisotopic (exact) mass is 400 g/mol. The maximum absolute atomic E-state index is 12.1. The maximum atomic E-state index is 12.1. The van der Waals surface area contributed by atoms with Crippen molar-refractivity contribution >= 4 is 34.4 Å². The Morgan fingerprint density at radius 1 is 0.966 bits per heavy atom. The van der Waals surface area contributed by atoms with Crippen LogP contribution in [0.25, 0.3) is 22.2 Å². The first-order valence-electron chi connectivity index (χ1n) is 9.25. The fraction of sp³-hybridized carbons (Fsp3) is 0.0870. The zero-order valence-corrected chi connectivity index (χ0v) is 16.7. The van der Waals surface area contributed by atoms with Crippen LogP contribution in [0.1, 0.15) is 12.5 Å². The zero-order chi connectivity index (χ0) is 20.1. The third-order valence-electron chi connectivity index (χ3n) is 4.47. The lowest BCUT2D eigenvalue weighted by atomic mass is 10.0. The fourth-order valence-corrected chi connectivity index (χ4v) is 3.59. The van der Waals surface area contributed by atoms with Crippen LogP contribution in [-0.4, -0.2) is 27.3 Å². The van der Waals surface area contributed by atoms with E-state index in [0.29, 0.717) is 0 Å². The van der Waals surface area contributed by atoms with Crippen molar-refractivity contribution < 1.29 is 4.79 Å². The van der Waals surface area contributed by atoms with Crippen LogP contribution in [0.15, 0.2) is 89.1 Å². The number of benzene rings is 3. The van der Waals surface area contributed by atoms with E-state index in [2.05, 4.69) is 44.8 Å². The summed E-state index contributed by atoms with van der Waals surface area (Å²) in [4.78, 5) is 19.8. The predicted octanol–water partition coefficient (Wildman–Crippen LogP) is 4.86. The number of H-pyrrole nitrogens is 1. The quantitative estimate of drug-likeness (QED) is 0.276. The number of para-hydroxylation sites is 2. The van der Waals surface area contributed by atoms with Crippen LogP contribution < -0.4 is 5.43 Å². The molecule has 0 bridgehead atoms. The molecule has 4 aromatic rings. The lowest BCUT2D eigenvalue weighted by Crippen LogP contribution is -2.21. The molecule has 4 rings (SSSR count). The Bertz CT molecular complexity index is 1120. The number of fused-ring (bicyclic) bond motifs is 1. The second kappa shape index (κ2) is 8.75. The molecule has 2 N–H and O–H groups in total. The molecule has 6 heteroatoms. The molecule has 0 saturated carbocycles. The Kier molecular flexibility index (Phi) is 5.72. The zero-order valence-electron chi connectivity index (χ0n) is 15.9. The number of aromatic nitrogens is 2. The third kappa shape index (κ3) is 4.73. The number of nitrogens with zero attached hydrogens (tertiary/aromatic N) is 2. The number of imidazole rings is 1. The first-order chi connectivity index (χ1) is 14.2. The largest absolute Gasteiger partial charge is 0.333 e. The van der Waals surface area contributed by atoms with Crippen molar-refractivity contribution in [3.05, 3.63) is 84.4 Å². The van der Waals surface area contributed by atoms with Gasteiger partial charge < -0.3 is 4.98 Å². The summed E-state index contributed by atoms with van der Waals surface area (Å²) in [6.45, 7) is 1.88. The lowest BCUT2D eigenvalue weighted by molar-refractivity contribution is -0.118. The van der Waals surface area contributed by atoms with Gasteiger partial charge in [-0.05, 0) is 35.7 Å². The van der Waals surface area contributed by atoms with Gasteiger partial charge in [0.1, 0.15) is 0 Å². The Labute approximate surface area is 173 Å². The topological polar surface area (TPSA) is 70.1 Å². The summed E-state index contributed by atoms with van der Waals surface area (Å²) >= 11 is 1.35. The summed E-state index contributed by atoms with van der Waals surface area (Å²) in [5, 5.41) is 4.95. The molecule has 1 heterocycles. The second-order valence-corrected chi connectivity index (χ2v) is 7.49. The Morgan fingerprint density at radius 3 is 2.41 bits per heavy atom. The van der Waals surface area contributed by atoms with E-state index in [1.54, 1.807) is 0 Å². The average molecular weight is 401 g/mol. The van der Waals surface area contributed by atoms with Crippen LogP contribution >= 0.6 is 11.8 Å². The Morgan fingerprint density at radius 2 is 1.66 bits per heavy atom. The van der Waals surface area contributed by atoms with Crippen molar-refractivity contribution in [1.82, 2.24) is 15.4 Å². The van der Waals surface area contributed by atoms with Crippen LogP contribution in [0.5, 0.6) is 0 Å². The molecular weight excluding hydrogens is 380 g/mol. The summed E-state index contributed by atoms with van der Waals surface area (Å²) in [6.07, 6.45) is 0. The standard InChI is InChI=1S/C23H20N4OS/c1-16(17-11-13-19(14-12-17)18-7-3-2-4-8-18)26-27-22(28)15-29-23-24-20-9-5-6-10-21(20)25-23/h2-14H,15H2,1H3,(H,24,25)(H,27,28)/b26-16+. The van der Waals surface area contributed by atoms with Crippen molar-refractivity contribution in [1.29, 1.82) is 0 Å². The van der Waals surface area contributed by atoms with E-state index < -0.39 is 0 Å². The predicted molar refractivity (Wildman–Crippen MR) is 119 cm³/mol. The molecule has 0 radical (unpaired) electrons. The SMILES string of the molecule is C/C(=N\NC(=O)CSc1nc2ccccc2[nH]1)c1ccc(-c2ccccc2)cc1. The number of hydrogen-bond acceptors (Lipinski definition) is 4. The van der Waals surface area contributed by atoms with Gasteiger partial charge in [-0.15, -0.1) is 0 Å². The maximum Gasteiger partial charge on any atom is 0.250 e. The molecule has 0 aliphatic heterocycles. The molecule has 0 unspecified atom stereocenters. The van der Waals surface area contributed by atoms with Gasteiger partial charge >= 0.3 is 0 Å². The van der Waals surface area contributed by atoms with E-state index in [9.17, 15) is 4.79 Å².